The molecule has 0 spiro atoms. The highest BCUT2D eigenvalue weighted by atomic mass is 35.5. The molecule has 3 aromatic rings. The number of carbonyl (C=O) groups is 1. The summed E-state index contributed by atoms with van der Waals surface area (Å²) in [6, 6.07) is 13.2. The molecule has 0 unspecified atom stereocenters. The fourth-order valence-electron chi connectivity index (χ4n) is 2.24. The molecule has 0 saturated carbocycles. The predicted octanol–water partition coefficient (Wildman–Crippen LogP) is 4.74. The summed E-state index contributed by atoms with van der Waals surface area (Å²) in [5.74, 6) is 0.162. The van der Waals surface area contributed by atoms with Gasteiger partial charge >= 0.3 is 0 Å². The van der Waals surface area contributed by atoms with Crippen molar-refractivity contribution < 1.29 is 4.79 Å². The molecule has 0 fully saturated rings. The van der Waals surface area contributed by atoms with Gasteiger partial charge in [0.15, 0.2) is 0 Å². The van der Waals surface area contributed by atoms with Gasteiger partial charge in [0.25, 0.3) is 5.91 Å². The molecule has 25 heavy (non-hydrogen) atoms. The highest BCUT2D eigenvalue weighted by Crippen LogP contribution is 2.20. The number of rotatable bonds is 4. The van der Waals surface area contributed by atoms with Crippen LogP contribution in [0.2, 0.25) is 5.02 Å². The lowest BCUT2D eigenvalue weighted by molar-refractivity contribution is 0.102. The molecule has 126 valence electrons. The van der Waals surface area contributed by atoms with E-state index in [4.69, 9.17) is 11.6 Å². The minimum absolute atomic E-state index is 0.271. The lowest BCUT2D eigenvalue weighted by Gasteiger charge is -2.09. The molecule has 5 nitrogen and oxygen atoms in total. The number of hydrogen-bond acceptors (Lipinski definition) is 4. The third-order valence-electron chi connectivity index (χ3n) is 3.66. The first-order valence-corrected chi connectivity index (χ1v) is 8.12. The van der Waals surface area contributed by atoms with Crippen molar-refractivity contribution >= 4 is 34.8 Å². The number of aromatic nitrogens is 2. The largest absolute Gasteiger partial charge is 0.324 e. The molecular formula is C19H17ClN4O. The molecule has 0 bridgehead atoms. The van der Waals surface area contributed by atoms with Crippen molar-refractivity contribution in [2.75, 3.05) is 10.6 Å². The van der Waals surface area contributed by atoms with Gasteiger partial charge in [0.2, 0.25) is 5.95 Å². The second-order valence-corrected chi connectivity index (χ2v) is 6.14. The summed E-state index contributed by atoms with van der Waals surface area (Å²) in [7, 11) is 0. The number of amides is 1. The summed E-state index contributed by atoms with van der Waals surface area (Å²) < 4.78 is 0. The first kappa shape index (κ1) is 16.9. The molecule has 1 amide bonds. The number of halogens is 1. The molecule has 6 heteroatoms. The van der Waals surface area contributed by atoms with Gasteiger partial charge in [0.05, 0.1) is 5.56 Å². The molecule has 0 saturated heterocycles. The fraction of sp³-hybridized carbons (Fsp3) is 0.105. The Morgan fingerprint density at radius 1 is 1.00 bits per heavy atom. The Kier molecular flexibility index (Phi) is 4.95. The third kappa shape index (κ3) is 4.33. The summed E-state index contributed by atoms with van der Waals surface area (Å²) in [5, 5.41) is 6.55. The maximum Gasteiger partial charge on any atom is 0.258 e. The summed E-state index contributed by atoms with van der Waals surface area (Å²) in [5.41, 5.74) is 4.04. The topological polar surface area (TPSA) is 66.9 Å². The lowest BCUT2D eigenvalue weighted by Crippen LogP contribution is -2.13. The van der Waals surface area contributed by atoms with Crippen molar-refractivity contribution in [3.8, 4) is 0 Å². The molecule has 0 aliphatic rings. The Hall–Kier alpha value is -2.92. The van der Waals surface area contributed by atoms with E-state index in [0.717, 1.165) is 11.3 Å². The van der Waals surface area contributed by atoms with Gasteiger partial charge in [-0.1, -0.05) is 29.3 Å². The summed E-state index contributed by atoms with van der Waals surface area (Å²) in [6.07, 6.45) is 2.98. The average Bonchev–Trinajstić information content (AvgIpc) is 2.60. The predicted molar refractivity (Wildman–Crippen MR) is 101 cm³/mol. The highest BCUT2D eigenvalue weighted by molar-refractivity contribution is 6.30. The maximum atomic E-state index is 12.3. The molecule has 3 rings (SSSR count). The molecule has 0 atom stereocenters. The normalized spacial score (nSPS) is 10.4. The third-order valence-corrected chi connectivity index (χ3v) is 3.89. The summed E-state index contributed by atoms with van der Waals surface area (Å²) in [6.45, 7) is 3.91. The Balaban J connectivity index is 1.68. The zero-order chi connectivity index (χ0) is 17.8. The van der Waals surface area contributed by atoms with E-state index < -0.39 is 0 Å². The van der Waals surface area contributed by atoms with Gasteiger partial charge in [-0.15, -0.1) is 0 Å². The van der Waals surface area contributed by atoms with Crippen LogP contribution >= 0.6 is 11.6 Å². The Labute approximate surface area is 151 Å². The van der Waals surface area contributed by atoms with Crippen LogP contribution in [-0.2, 0) is 0 Å². The van der Waals surface area contributed by atoms with Gasteiger partial charge in [-0.25, -0.2) is 9.97 Å². The van der Waals surface area contributed by atoms with E-state index in [9.17, 15) is 4.79 Å². The van der Waals surface area contributed by atoms with Crippen LogP contribution in [0, 0.1) is 13.8 Å². The Bertz CT molecular complexity index is 892. The van der Waals surface area contributed by atoms with Crippen molar-refractivity contribution in [2.24, 2.45) is 0 Å². The van der Waals surface area contributed by atoms with E-state index in [1.807, 2.05) is 38.1 Å². The van der Waals surface area contributed by atoms with Crippen molar-refractivity contribution in [3.63, 3.8) is 0 Å². The van der Waals surface area contributed by atoms with E-state index >= 15 is 0 Å². The van der Waals surface area contributed by atoms with Crippen LogP contribution in [0.4, 0.5) is 17.3 Å². The first-order valence-electron chi connectivity index (χ1n) is 7.74. The molecule has 0 radical (unpaired) electrons. The van der Waals surface area contributed by atoms with Crippen molar-refractivity contribution in [3.05, 3.63) is 76.6 Å². The van der Waals surface area contributed by atoms with Crippen LogP contribution < -0.4 is 10.6 Å². The van der Waals surface area contributed by atoms with Crippen LogP contribution in [0.3, 0.4) is 0 Å². The molecular weight excluding hydrogens is 336 g/mol. The number of carbonyl (C=O) groups excluding carboxylic acids is 1. The second-order valence-electron chi connectivity index (χ2n) is 5.70. The Morgan fingerprint density at radius 3 is 2.32 bits per heavy atom. The number of nitrogens with one attached hydrogen (secondary N) is 2. The smallest absolute Gasteiger partial charge is 0.258 e. The fourth-order valence-corrected chi connectivity index (χ4v) is 2.46. The molecule has 1 heterocycles. The molecule has 2 aromatic carbocycles. The van der Waals surface area contributed by atoms with Crippen LogP contribution in [0.25, 0.3) is 0 Å². The van der Waals surface area contributed by atoms with Gasteiger partial charge in [-0.2, -0.15) is 0 Å². The number of anilines is 3. The standard InChI is InChI=1S/C19H17ClN4O/c1-12-3-6-16(7-4-12)23-19-21-10-14(11-22-19)18(25)24-17-8-5-15(20)9-13(17)2/h3-11H,1-2H3,(H,24,25)(H,21,22,23). The molecule has 1 aromatic heterocycles. The first-order chi connectivity index (χ1) is 12.0. The minimum Gasteiger partial charge on any atom is -0.324 e. The number of nitrogens with zero attached hydrogens (tertiary/aromatic N) is 2. The van der Waals surface area contributed by atoms with Gasteiger partial charge in [-0.3, -0.25) is 4.79 Å². The van der Waals surface area contributed by atoms with Crippen molar-refractivity contribution in [1.82, 2.24) is 9.97 Å². The van der Waals surface area contributed by atoms with Gasteiger partial charge in [-0.05, 0) is 49.7 Å². The van der Waals surface area contributed by atoms with E-state index in [1.54, 1.807) is 18.2 Å². The number of benzene rings is 2. The van der Waals surface area contributed by atoms with Gasteiger partial charge in [0.1, 0.15) is 0 Å². The van der Waals surface area contributed by atoms with Crippen LogP contribution in [-0.4, -0.2) is 15.9 Å². The summed E-state index contributed by atoms with van der Waals surface area (Å²) >= 11 is 5.92. The SMILES string of the molecule is Cc1ccc(Nc2ncc(C(=O)Nc3ccc(Cl)cc3C)cn2)cc1. The molecule has 0 aliphatic carbocycles. The van der Waals surface area contributed by atoms with E-state index in [0.29, 0.717) is 22.2 Å². The lowest BCUT2D eigenvalue weighted by atomic mass is 10.2. The van der Waals surface area contributed by atoms with Gasteiger partial charge < -0.3 is 10.6 Å². The maximum absolute atomic E-state index is 12.3. The number of hydrogen-bond donors (Lipinski definition) is 2. The average molecular weight is 353 g/mol. The summed E-state index contributed by atoms with van der Waals surface area (Å²) in [4.78, 5) is 20.7. The van der Waals surface area contributed by atoms with Crippen LogP contribution in [0.1, 0.15) is 21.5 Å². The van der Waals surface area contributed by atoms with Crippen LogP contribution in [0.5, 0.6) is 0 Å². The monoisotopic (exact) mass is 352 g/mol. The Morgan fingerprint density at radius 2 is 1.68 bits per heavy atom. The zero-order valence-electron chi connectivity index (χ0n) is 13.9. The van der Waals surface area contributed by atoms with Gasteiger partial charge in [0, 0.05) is 28.8 Å². The van der Waals surface area contributed by atoms with Crippen molar-refractivity contribution in [2.45, 2.75) is 13.8 Å². The molecule has 0 aliphatic heterocycles. The highest BCUT2D eigenvalue weighted by Gasteiger charge is 2.09. The number of aryl methyl sites for hydroxylation is 2. The molecule has 2 N–H and O–H groups in total. The second kappa shape index (κ2) is 7.32. The van der Waals surface area contributed by atoms with Crippen LogP contribution in [0.15, 0.2) is 54.9 Å². The van der Waals surface area contributed by atoms with E-state index in [1.165, 1.54) is 18.0 Å². The quantitative estimate of drug-likeness (QED) is 0.711. The van der Waals surface area contributed by atoms with E-state index in [-0.39, 0.29) is 5.91 Å². The minimum atomic E-state index is -0.271. The van der Waals surface area contributed by atoms with Crippen molar-refractivity contribution in [1.29, 1.82) is 0 Å². The van der Waals surface area contributed by atoms with E-state index in [2.05, 4.69) is 20.6 Å². The zero-order valence-corrected chi connectivity index (χ0v) is 14.6.